The molecule has 3 rings (SSSR count). The minimum absolute atomic E-state index is 0.140. The Labute approximate surface area is 124 Å². The first kappa shape index (κ1) is 14.3. The highest BCUT2D eigenvalue weighted by molar-refractivity contribution is 5.97. The van der Waals surface area contributed by atoms with Crippen LogP contribution in [-0.4, -0.2) is 45.1 Å². The van der Waals surface area contributed by atoms with Crippen LogP contribution in [0.15, 0.2) is 6.20 Å². The molecule has 2 fully saturated rings. The van der Waals surface area contributed by atoms with Gasteiger partial charge in [0.25, 0.3) is 5.91 Å². The van der Waals surface area contributed by atoms with Gasteiger partial charge in [-0.05, 0) is 18.8 Å². The number of hydrogen-bond donors (Lipinski definition) is 2. The van der Waals surface area contributed by atoms with Gasteiger partial charge in [-0.25, -0.2) is 9.97 Å². The van der Waals surface area contributed by atoms with E-state index >= 15 is 0 Å². The van der Waals surface area contributed by atoms with E-state index < -0.39 is 0 Å². The quantitative estimate of drug-likeness (QED) is 0.848. The van der Waals surface area contributed by atoms with Gasteiger partial charge in [-0.1, -0.05) is 13.8 Å². The smallest absolute Gasteiger partial charge is 0.274 e. The molecule has 0 spiro atoms. The topological polar surface area (TPSA) is 92.3 Å². The molecule has 6 nitrogen and oxygen atoms in total. The number of likely N-dealkylation sites (tertiary alicyclic amines) is 1. The molecule has 114 valence electrons. The molecule has 21 heavy (non-hydrogen) atoms. The SMILES string of the molecule is CC(C)c1ncc(N)c(C(=O)N2CC3CCC(O)C3C2)n1. The van der Waals surface area contributed by atoms with Crippen LogP contribution in [0.1, 0.15) is 48.9 Å². The van der Waals surface area contributed by atoms with Gasteiger partial charge in [0, 0.05) is 24.9 Å². The number of aromatic nitrogens is 2. The van der Waals surface area contributed by atoms with Crippen LogP contribution < -0.4 is 5.73 Å². The largest absolute Gasteiger partial charge is 0.396 e. The van der Waals surface area contributed by atoms with Crippen molar-refractivity contribution in [3.05, 3.63) is 17.7 Å². The van der Waals surface area contributed by atoms with E-state index in [9.17, 15) is 9.90 Å². The van der Waals surface area contributed by atoms with Crippen molar-refractivity contribution in [1.29, 1.82) is 0 Å². The molecule has 1 aromatic heterocycles. The van der Waals surface area contributed by atoms with Crippen molar-refractivity contribution in [3.8, 4) is 0 Å². The second-order valence-corrected chi connectivity index (χ2v) is 6.47. The van der Waals surface area contributed by atoms with E-state index in [1.165, 1.54) is 6.20 Å². The standard InChI is InChI=1S/C15H22N4O2/c1-8(2)14-17-5-11(16)13(18-14)15(21)19-6-9-3-4-12(20)10(9)7-19/h5,8-10,12,20H,3-4,6-7,16H2,1-2H3. The van der Waals surface area contributed by atoms with Crippen molar-refractivity contribution >= 4 is 11.6 Å². The van der Waals surface area contributed by atoms with Crippen molar-refractivity contribution in [1.82, 2.24) is 14.9 Å². The van der Waals surface area contributed by atoms with Crippen molar-refractivity contribution < 1.29 is 9.90 Å². The number of amides is 1. The maximum atomic E-state index is 12.7. The maximum absolute atomic E-state index is 12.7. The molecular weight excluding hydrogens is 268 g/mol. The van der Waals surface area contributed by atoms with Crippen LogP contribution in [0.2, 0.25) is 0 Å². The zero-order valence-corrected chi connectivity index (χ0v) is 12.5. The van der Waals surface area contributed by atoms with E-state index in [1.54, 1.807) is 4.90 Å². The monoisotopic (exact) mass is 290 g/mol. The van der Waals surface area contributed by atoms with Crippen molar-refractivity contribution in [2.75, 3.05) is 18.8 Å². The Morgan fingerprint density at radius 3 is 2.86 bits per heavy atom. The predicted octanol–water partition coefficient (Wildman–Crippen LogP) is 1.03. The van der Waals surface area contributed by atoms with Crippen LogP contribution >= 0.6 is 0 Å². The van der Waals surface area contributed by atoms with Crippen molar-refractivity contribution in [2.45, 2.75) is 38.7 Å². The zero-order valence-electron chi connectivity index (χ0n) is 12.5. The Hall–Kier alpha value is -1.69. The predicted molar refractivity (Wildman–Crippen MR) is 78.7 cm³/mol. The van der Waals surface area contributed by atoms with Crippen molar-refractivity contribution in [3.63, 3.8) is 0 Å². The average molecular weight is 290 g/mol. The molecule has 1 aliphatic heterocycles. The highest BCUT2D eigenvalue weighted by atomic mass is 16.3. The third kappa shape index (κ3) is 2.48. The summed E-state index contributed by atoms with van der Waals surface area (Å²) < 4.78 is 0. The first-order valence-electron chi connectivity index (χ1n) is 7.57. The van der Waals surface area contributed by atoms with E-state index in [1.807, 2.05) is 13.8 Å². The number of carbonyl (C=O) groups excluding carboxylic acids is 1. The third-order valence-corrected chi connectivity index (χ3v) is 4.66. The second-order valence-electron chi connectivity index (χ2n) is 6.47. The Morgan fingerprint density at radius 1 is 1.43 bits per heavy atom. The number of nitrogens with zero attached hydrogens (tertiary/aromatic N) is 3. The van der Waals surface area contributed by atoms with Crippen LogP contribution in [0, 0.1) is 11.8 Å². The fourth-order valence-corrected chi connectivity index (χ4v) is 3.41. The second kappa shape index (κ2) is 5.26. The molecule has 2 heterocycles. The van der Waals surface area contributed by atoms with Crippen molar-refractivity contribution in [2.24, 2.45) is 11.8 Å². The van der Waals surface area contributed by atoms with Crippen LogP contribution in [0.25, 0.3) is 0 Å². The fraction of sp³-hybridized carbons (Fsp3) is 0.667. The van der Waals surface area contributed by atoms with Crippen LogP contribution in [0.4, 0.5) is 5.69 Å². The van der Waals surface area contributed by atoms with Crippen LogP contribution in [0.3, 0.4) is 0 Å². The number of nitrogen functional groups attached to an aromatic ring is 1. The van der Waals surface area contributed by atoms with Gasteiger partial charge in [0.15, 0.2) is 5.69 Å². The summed E-state index contributed by atoms with van der Waals surface area (Å²) in [6.45, 7) is 5.26. The summed E-state index contributed by atoms with van der Waals surface area (Å²) in [4.78, 5) is 22.9. The van der Waals surface area contributed by atoms with E-state index in [4.69, 9.17) is 5.73 Å². The number of aliphatic hydroxyl groups is 1. The minimum atomic E-state index is -0.276. The van der Waals surface area contributed by atoms with Gasteiger partial charge in [0.1, 0.15) is 5.82 Å². The molecule has 1 amide bonds. The van der Waals surface area contributed by atoms with Gasteiger partial charge in [-0.2, -0.15) is 0 Å². The molecule has 0 aromatic carbocycles. The summed E-state index contributed by atoms with van der Waals surface area (Å²) in [6.07, 6.45) is 3.08. The number of carbonyl (C=O) groups is 1. The molecular formula is C15H22N4O2. The zero-order chi connectivity index (χ0) is 15.1. The Balaban J connectivity index is 1.81. The van der Waals surface area contributed by atoms with Gasteiger partial charge in [-0.3, -0.25) is 4.79 Å². The molecule has 1 aromatic rings. The normalized spacial score (nSPS) is 28.2. The molecule has 2 aliphatic rings. The average Bonchev–Trinajstić information content (AvgIpc) is 3.01. The molecule has 0 radical (unpaired) electrons. The van der Waals surface area contributed by atoms with Crippen LogP contribution in [-0.2, 0) is 0 Å². The maximum Gasteiger partial charge on any atom is 0.274 e. The number of fused-ring (bicyclic) bond motifs is 1. The Kier molecular flexibility index (Phi) is 3.57. The van der Waals surface area contributed by atoms with E-state index in [0.29, 0.717) is 36.2 Å². The summed E-state index contributed by atoms with van der Waals surface area (Å²) in [7, 11) is 0. The summed E-state index contributed by atoms with van der Waals surface area (Å²) in [5, 5.41) is 9.95. The molecule has 6 heteroatoms. The Bertz CT molecular complexity index is 561. The number of hydrogen-bond acceptors (Lipinski definition) is 5. The fourth-order valence-electron chi connectivity index (χ4n) is 3.41. The highest BCUT2D eigenvalue weighted by Crippen LogP contribution is 2.38. The Morgan fingerprint density at radius 2 is 2.19 bits per heavy atom. The number of rotatable bonds is 2. The van der Waals surface area contributed by atoms with E-state index in [2.05, 4.69) is 9.97 Å². The third-order valence-electron chi connectivity index (χ3n) is 4.66. The lowest BCUT2D eigenvalue weighted by molar-refractivity contribution is 0.0747. The number of anilines is 1. The minimum Gasteiger partial charge on any atom is -0.396 e. The first-order chi connectivity index (χ1) is 9.97. The van der Waals surface area contributed by atoms with Gasteiger partial charge in [0.05, 0.1) is 18.0 Å². The lowest BCUT2D eigenvalue weighted by Gasteiger charge is -2.19. The lowest BCUT2D eigenvalue weighted by atomic mass is 10.00. The summed E-state index contributed by atoms with van der Waals surface area (Å²) in [5.41, 5.74) is 6.50. The summed E-state index contributed by atoms with van der Waals surface area (Å²) >= 11 is 0. The molecule has 1 saturated carbocycles. The lowest BCUT2D eigenvalue weighted by Crippen LogP contribution is -2.32. The summed E-state index contributed by atoms with van der Waals surface area (Å²) in [6, 6.07) is 0. The molecule has 3 unspecified atom stereocenters. The molecule has 3 N–H and O–H groups in total. The van der Waals surface area contributed by atoms with Gasteiger partial charge < -0.3 is 15.7 Å². The summed E-state index contributed by atoms with van der Waals surface area (Å²) in [5.74, 6) is 1.26. The molecule has 1 aliphatic carbocycles. The number of nitrogens with two attached hydrogens (primary N) is 1. The van der Waals surface area contributed by atoms with Crippen LogP contribution in [0.5, 0.6) is 0 Å². The molecule has 3 atom stereocenters. The van der Waals surface area contributed by atoms with Gasteiger partial charge >= 0.3 is 0 Å². The van der Waals surface area contributed by atoms with E-state index in [-0.39, 0.29) is 23.8 Å². The molecule has 0 bridgehead atoms. The van der Waals surface area contributed by atoms with E-state index in [0.717, 1.165) is 12.8 Å². The number of aliphatic hydroxyl groups excluding tert-OH is 1. The molecule has 1 saturated heterocycles. The van der Waals surface area contributed by atoms with Gasteiger partial charge in [-0.15, -0.1) is 0 Å². The van der Waals surface area contributed by atoms with Gasteiger partial charge in [0.2, 0.25) is 0 Å². The first-order valence-corrected chi connectivity index (χ1v) is 7.57. The highest BCUT2D eigenvalue weighted by Gasteiger charge is 2.43.